The highest BCUT2D eigenvalue weighted by molar-refractivity contribution is 5.17. The van der Waals surface area contributed by atoms with Gasteiger partial charge in [0.2, 0.25) is 0 Å². The second-order valence-electron chi connectivity index (χ2n) is 6.16. The molecule has 0 radical (unpaired) electrons. The molecule has 2 aliphatic rings. The summed E-state index contributed by atoms with van der Waals surface area (Å²) < 4.78 is 5.71. The van der Waals surface area contributed by atoms with E-state index in [2.05, 4.69) is 9.80 Å². The van der Waals surface area contributed by atoms with Gasteiger partial charge in [-0.25, -0.2) is 0 Å². The summed E-state index contributed by atoms with van der Waals surface area (Å²) in [6, 6.07) is 9.95. The Labute approximate surface area is 127 Å². The zero-order valence-electron chi connectivity index (χ0n) is 12.7. The van der Waals surface area contributed by atoms with Gasteiger partial charge in [-0.3, -0.25) is 9.80 Å². The molecular formula is C17H26N2O2. The quantitative estimate of drug-likeness (QED) is 0.892. The van der Waals surface area contributed by atoms with Gasteiger partial charge in [0.1, 0.15) is 0 Å². The van der Waals surface area contributed by atoms with Crippen LogP contribution < -0.4 is 0 Å². The first-order valence-electron chi connectivity index (χ1n) is 8.10. The van der Waals surface area contributed by atoms with E-state index in [1.165, 1.54) is 12.8 Å². The van der Waals surface area contributed by atoms with E-state index in [0.29, 0.717) is 6.10 Å². The molecule has 0 bridgehead atoms. The predicted octanol–water partition coefficient (Wildman–Crippen LogP) is 1.52. The van der Waals surface area contributed by atoms with Crippen LogP contribution in [0.5, 0.6) is 0 Å². The standard InChI is InChI=1S/C17H26N2O2/c20-17(15-5-2-1-3-6-15)14-19-10-8-18(9-11-19)13-16-7-4-12-21-16/h1-3,5-6,16-17,20H,4,7-14H2/t16-,17-/m0/s1. The third kappa shape index (κ3) is 4.27. The van der Waals surface area contributed by atoms with E-state index in [1.807, 2.05) is 30.3 Å². The van der Waals surface area contributed by atoms with E-state index in [9.17, 15) is 5.11 Å². The van der Waals surface area contributed by atoms with Crippen molar-refractivity contribution in [2.24, 2.45) is 0 Å². The van der Waals surface area contributed by atoms with Crippen LogP contribution in [0.15, 0.2) is 30.3 Å². The van der Waals surface area contributed by atoms with Crippen LogP contribution in [-0.2, 0) is 4.74 Å². The van der Waals surface area contributed by atoms with Crippen LogP contribution in [0, 0.1) is 0 Å². The van der Waals surface area contributed by atoms with E-state index in [4.69, 9.17) is 4.74 Å². The maximum atomic E-state index is 10.3. The van der Waals surface area contributed by atoms with Gasteiger partial charge in [-0.2, -0.15) is 0 Å². The summed E-state index contributed by atoms with van der Waals surface area (Å²) in [7, 11) is 0. The summed E-state index contributed by atoms with van der Waals surface area (Å²) in [5.74, 6) is 0. The number of aliphatic hydroxyl groups is 1. The lowest BCUT2D eigenvalue weighted by atomic mass is 10.1. The SMILES string of the molecule is O[C@@H](CN1CCN(C[C@@H]2CCCO2)CC1)c1ccccc1. The largest absolute Gasteiger partial charge is 0.387 e. The summed E-state index contributed by atoms with van der Waals surface area (Å²) >= 11 is 0. The predicted molar refractivity (Wildman–Crippen MR) is 83.3 cm³/mol. The first kappa shape index (κ1) is 15.0. The molecule has 116 valence electrons. The molecule has 3 rings (SSSR count). The zero-order valence-corrected chi connectivity index (χ0v) is 12.7. The van der Waals surface area contributed by atoms with Gasteiger partial charge in [-0.05, 0) is 18.4 Å². The Morgan fingerprint density at radius 1 is 1.10 bits per heavy atom. The number of rotatable bonds is 5. The fourth-order valence-corrected chi connectivity index (χ4v) is 3.26. The molecule has 0 saturated carbocycles. The van der Waals surface area contributed by atoms with E-state index in [0.717, 1.165) is 51.4 Å². The molecule has 1 N–H and O–H groups in total. The van der Waals surface area contributed by atoms with Crippen LogP contribution in [0.4, 0.5) is 0 Å². The topological polar surface area (TPSA) is 35.9 Å². The van der Waals surface area contributed by atoms with Crippen molar-refractivity contribution in [3.63, 3.8) is 0 Å². The van der Waals surface area contributed by atoms with Crippen molar-refractivity contribution in [1.82, 2.24) is 9.80 Å². The molecule has 2 saturated heterocycles. The minimum Gasteiger partial charge on any atom is -0.387 e. The smallest absolute Gasteiger partial charge is 0.0916 e. The van der Waals surface area contributed by atoms with Crippen LogP contribution in [-0.4, -0.2) is 66.9 Å². The molecule has 2 atom stereocenters. The van der Waals surface area contributed by atoms with Gasteiger partial charge in [0.15, 0.2) is 0 Å². The molecule has 2 heterocycles. The molecule has 4 heteroatoms. The average Bonchev–Trinajstić information content (AvgIpc) is 3.03. The van der Waals surface area contributed by atoms with Crippen LogP contribution >= 0.6 is 0 Å². The lowest BCUT2D eigenvalue weighted by Gasteiger charge is -2.36. The summed E-state index contributed by atoms with van der Waals surface area (Å²) in [5, 5.41) is 10.3. The minimum atomic E-state index is -0.379. The van der Waals surface area contributed by atoms with E-state index >= 15 is 0 Å². The molecule has 0 aliphatic carbocycles. The highest BCUT2D eigenvalue weighted by atomic mass is 16.5. The van der Waals surface area contributed by atoms with Crippen molar-refractivity contribution in [2.45, 2.75) is 25.0 Å². The Kier molecular flexibility index (Phi) is 5.25. The Balaban J connectivity index is 1.41. The molecule has 1 aromatic carbocycles. The lowest BCUT2D eigenvalue weighted by molar-refractivity contribution is 0.0364. The molecule has 21 heavy (non-hydrogen) atoms. The number of piperazine rings is 1. The second kappa shape index (κ2) is 7.36. The molecule has 0 aromatic heterocycles. The molecule has 2 aliphatic heterocycles. The van der Waals surface area contributed by atoms with Crippen LogP contribution in [0.25, 0.3) is 0 Å². The first-order chi connectivity index (χ1) is 10.3. The number of aliphatic hydroxyl groups excluding tert-OH is 1. The van der Waals surface area contributed by atoms with E-state index in [1.54, 1.807) is 0 Å². The Morgan fingerprint density at radius 2 is 1.81 bits per heavy atom. The minimum absolute atomic E-state index is 0.379. The molecule has 0 amide bonds. The van der Waals surface area contributed by atoms with Crippen LogP contribution in [0.2, 0.25) is 0 Å². The number of β-amino-alcohol motifs (C(OH)–C–C–N with tert-alkyl or cyclic N) is 1. The van der Waals surface area contributed by atoms with Gasteiger partial charge in [0.05, 0.1) is 12.2 Å². The van der Waals surface area contributed by atoms with Crippen molar-refractivity contribution in [3.8, 4) is 0 Å². The van der Waals surface area contributed by atoms with Crippen molar-refractivity contribution in [3.05, 3.63) is 35.9 Å². The maximum Gasteiger partial charge on any atom is 0.0916 e. The molecule has 4 nitrogen and oxygen atoms in total. The number of nitrogens with zero attached hydrogens (tertiary/aromatic N) is 2. The van der Waals surface area contributed by atoms with Crippen LogP contribution in [0.3, 0.4) is 0 Å². The van der Waals surface area contributed by atoms with Crippen molar-refractivity contribution >= 4 is 0 Å². The molecule has 2 fully saturated rings. The van der Waals surface area contributed by atoms with E-state index in [-0.39, 0.29) is 6.10 Å². The monoisotopic (exact) mass is 290 g/mol. The fourth-order valence-electron chi connectivity index (χ4n) is 3.26. The van der Waals surface area contributed by atoms with Gasteiger partial charge in [0, 0.05) is 45.9 Å². The molecule has 1 aromatic rings. The maximum absolute atomic E-state index is 10.3. The van der Waals surface area contributed by atoms with Gasteiger partial charge >= 0.3 is 0 Å². The average molecular weight is 290 g/mol. The third-order valence-electron chi connectivity index (χ3n) is 4.57. The number of hydrogen-bond acceptors (Lipinski definition) is 4. The van der Waals surface area contributed by atoms with Crippen molar-refractivity contribution in [2.75, 3.05) is 45.9 Å². The van der Waals surface area contributed by atoms with Gasteiger partial charge in [-0.15, -0.1) is 0 Å². The summed E-state index contributed by atoms with van der Waals surface area (Å²) in [5.41, 5.74) is 1.01. The van der Waals surface area contributed by atoms with Crippen molar-refractivity contribution in [1.29, 1.82) is 0 Å². The highest BCUT2D eigenvalue weighted by Gasteiger charge is 2.23. The highest BCUT2D eigenvalue weighted by Crippen LogP contribution is 2.17. The van der Waals surface area contributed by atoms with Gasteiger partial charge < -0.3 is 9.84 Å². The van der Waals surface area contributed by atoms with Gasteiger partial charge in [-0.1, -0.05) is 30.3 Å². The first-order valence-corrected chi connectivity index (χ1v) is 8.10. The van der Waals surface area contributed by atoms with E-state index < -0.39 is 0 Å². The Morgan fingerprint density at radius 3 is 2.48 bits per heavy atom. The summed E-state index contributed by atoms with van der Waals surface area (Å²) in [4.78, 5) is 4.87. The zero-order chi connectivity index (χ0) is 14.5. The Hall–Kier alpha value is -0.940. The third-order valence-corrected chi connectivity index (χ3v) is 4.57. The molecular weight excluding hydrogens is 264 g/mol. The number of benzene rings is 1. The summed E-state index contributed by atoms with van der Waals surface area (Å²) in [6.07, 6.45) is 2.50. The fraction of sp³-hybridized carbons (Fsp3) is 0.647. The lowest BCUT2D eigenvalue weighted by Crippen LogP contribution is -2.49. The van der Waals surface area contributed by atoms with Crippen LogP contribution in [0.1, 0.15) is 24.5 Å². The van der Waals surface area contributed by atoms with Crippen molar-refractivity contribution < 1.29 is 9.84 Å². The Bertz CT molecular complexity index is 412. The number of ether oxygens (including phenoxy) is 1. The molecule has 0 unspecified atom stereocenters. The molecule has 0 spiro atoms. The summed E-state index contributed by atoms with van der Waals surface area (Å²) in [6.45, 7) is 7.00. The number of hydrogen-bond donors (Lipinski definition) is 1. The normalized spacial score (nSPS) is 26.0. The second-order valence-corrected chi connectivity index (χ2v) is 6.16. The van der Waals surface area contributed by atoms with Gasteiger partial charge in [0.25, 0.3) is 0 Å².